The van der Waals surface area contributed by atoms with E-state index < -0.39 is 28.7 Å². The van der Waals surface area contributed by atoms with E-state index in [1.807, 2.05) is 13.8 Å². The molecule has 0 amide bonds. The Morgan fingerprint density at radius 2 is 1.75 bits per heavy atom. The molecule has 7 aliphatic rings. The molecule has 0 radical (unpaired) electrons. The molecule has 3 heterocycles. The Labute approximate surface area is 235 Å². The van der Waals surface area contributed by atoms with Gasteiger partial charge in [-0.05, 0) is 88.5 Å². The Morgan fingerprint density at radius 3 is 2.50 bits per heavy atom. The third-order valence-corrected chi connectivity index (χ3v) is 12.3. The fraction of sp³-hybridized carbons (Fsp3) is 0.871. The van der Waals surface area contributed by atoms with Crippen molar-refractivity contribution < 1.29 is 43.5 Å². The molecule has 222 valence electrons. The van der Waals surface area contributed by atoms with Crippen LogP contribution < -0.4 is 0 Å². The molecule has 4 saturated carbocycles. The van der Waals surface area contributed by atoms with E-state index in [2.05, 4.69) is 6.92 Å². The Hall–Kier alpha value is -1.36. The number of aliphatic hydroxyl groups is 2. The maximum absolute atomic E-state index is 13.0. The Kier molecular flexibility index (Phi) is 6.23. The number of carbonyl (C=O) groups excluding carboxylic acids is 2. The van der Waals surface area contributed by atoms with Crippen molar-refractivity contribution in [2.24, 2.45) is 28.6 Å². The number of hydrogen-bond acceptors (Lipinski definition) is 9. The van der Waals surface area contributed by atoms with Gasteiger partial charge >= 0.3 is 5.97 Å². The maximum atomic E-state index is 13.0. The lowest BCUT2D eigenvalue weighted by atomic mass is 9.41. The first-order valence-electron chi connectivity index (χ1n) is 15.3. The molecule has 0 aromatic rings. The number of hydrogen-bond donors (Lipinski definition) is 2. The van der Waals surface area contributed by atoms with E-state index >= 15 is 0 Å². The summed E-state index contributed by atoms with van der Waals surface area (Å²) in [4.78, 5) is 24.9. The van der Waals surface area contributed by atoms with Gasteiger partial charge in [-0.3, -0.25) is 0 Å². The van der Waals surface area contributed by atoms with Crippen LogP contribution in [0.25, 0.3) is 0 Å². The zero-order valence-electron chi connectivity index (χ0n) is 23.9. The van der Waals surface area contributed by atoms with E-state index in [-0.39, 0.29) is 47.4 Å². The van der Waals surface area contributed by atoms with E-state index in [0.29, 0.717) is 58.2 Å². The first-order valence-corrected chi connectivity index (χ1v) is 15.3. The molecule has 0 aromatic heterocycles. The first kappa shape index (κ1) is 27.5. The molecule has 9 heteroatoms. The topological polar surface area (TPSA) is 121 Å². The van der Waals surface area contributed by atoms with Gasteiger partial charge < -0.3 is 38.7 Å². The Morgan fingerprint density at radius 1 is 0.975 bits per heavy atom. The highest BCUT2D eigenvalue weighted by Gasteiger charge is 2.71. The zero-order valence-corrected chi connectivity index (χ0v) is 23.9. The number of fused-ring (bicyclic) bond motifs is 6. The van der Waals surface area contributed by atoms with E-state index in [0.717, 1.165) is 31.1 Å². The molecule has 2 N–H and O–H groups in total. The molecule has 0 aromatic carbocycles. The Balaban J connectivity index is 1.08. The van der Waals surface area contributed by atoms with Crippen molar-refractivity contribution in [1.82, 2.24) is 0 Å². The quantitative estimate of drug-likeness (QED) is 0.303. The third kappa shape index (κ3) is 3.80. The Bertz CT molecular complexity index is 1100. The summed E-state index contributed by atoms with van der Waals surface area (Å²) in [7, 11) is 0. The molecule has 7 rings (SSSR count). The predicted molar refractivity (Wildman–Crippen MR) is 141 cm³/mol. The molecule has 4 aliphatic carbocycles. The third-order valence-electron chi connectivity index (χ3n) is 12.3. The maximum Gasteiger partial charge on any atom is 0.331 e. The fourth-order valence-electron chi connectivity index (χ4n) is 10.5. The van der Waals surface area contributed by atoms with Gasteiger partial charge in [0.2, 0.25) is 0 Å². The van der Waals surface area contributed by atoms with Crippen molar-refractivity contribution in [3.63, 3.8) is 0 Å². The summed E-state index contributed by atoms with van der Waals surface area (Å²) in [5.41, 5.74) is -2.42. The van der Waals surface area contributed by atoms with E-state index in [1.54, 1.807) is 6.08 Å². The molecule has 0 bridgehead atoms. The van der Waals surface area contributed by atoms with Crippen molar-refractivity contribution in [2.45, 2.75) is 127 Å². The van der Waals surface area contributed by atoms with Gasteiger partial charge in [-0.2, -0.15) is 0 Å². The number of ether oxygens (including phenoxy) is 5. The summed E-state index contributed by atoms with van der Waals surface area (Å²) in [5, 5.41) is 24.6. The van der Waals surface area contributed by atoms with Gasteiger partial charge in [-0.1, -0.05) is 6.92 Å². The van der Waals surface area contributed by atoms with Crippen molar-refractivity contribution >= 4 is 12.3 Å². The summed E-state index contributed by atoms with van der Waals surface area (Å²) >= 11 is 0. The van der Waals surface area contributed by atoms with Crippen LogP contribution in [0.2, 0.25) is 0 Å². The van der Waals surface area contributed by atoms with Crippen LogP contribution in [0, 0.1) is 28.6 Å². The number of aldehydes is 1. The smallest absolute Gasteiger partial charge is 0.331 e. The van der Waals surface area contributed by atoms with Gasteiger partial charge in [-0.25, -0.2) is 4.79 Å². The van der Waals surface area contributed by atoms with E-state index in [1.165, 1.54) is 0 Å². The highest BCUT2D eigenvalue weighted by molar-refractivity contribution is 5.85. The number of esters is 1. The molecule has 2 saturated heterocycles. The highest BCUT2D eigenvalue weighted by Crippen LogP contribution is 2.70. The number of rotatable bonds is 4. The van der Waals surface area contributed by atoms with Crippen LogP contribution in [0.3, 0.4) is 0 Å². The molecule has 6 fully saturated rings. The molecule has 11 unspecified atom stereocenters. The summed E-state index contributed by atoms with van der Waals surface area (Å²) in [6.07, 6.45) is 8.08. The summed E-state index contributed by atoms with van der Waals surface area (Å²) in [6, 6.07) is 0. The van der Waals surface area contributed by atoms with Gasteiger partial charge in [0.25, 0.3) is 0 Å². The average molecular weight is 561 g/mol. The summed E-state index contributed by atoms with van der Waals surface area (Å²) in [6.45, 7) is 6.70. The fourth-order valence-corrected chi connectivity index (χ4v) is 10.5. The van der Waals surface area contributed by atoms with Crippen LogP contribution >= 0.6 is 0 Å². The second kappa shape index (κ2) is 9.07. The molecular formula is C31H44O9. The lowest BCUT2D eigenvalue weighted by Crippen LogP contribution is -2.69. The van der Waals surface area contributed by atoms with Gasteiger partial charge in [0.15, 0.2) is 12.1 Å². The molecule has 9 nitrogen and oxygen atoms in total. The van der Waals surface area contributed by atoms with Crippen molar-refractivity contribution in [2.75, 3.05) is 13.2 Å². The second-order valence-electron chi connectivity index (χ2n) is 14.5. The van der Waals surface area contributed by atoms with E-state index in [4.69, 9.17) is 23.7 Å². The molecular weight excluding hydrogens is 516 g/mol. The van der Waals surface area contributed by atoms with Gasteiger partial charge in [0.1, 0.15) is 19.0 Å². The van der Waals surface area contributed by atoms with Crippen molar-refractivity contribution in [3.8, 4) is 0 Å². The second-order valence-corrected chi connectivity index (χ2v) is 14.5. The van der Waals surface area contributed by atoms with Crippen LogP contribution in [-0.2, 0) is 33.3 Å². The van der Waals surface area contributed by atoms with Gasteiger partial charge in [0.05, 0.1) is 35.4 Å². The predicted octanol–water partition coefficient (Wildman–Crippen LogP) is 3.19. The van der Waals surface area contributed by atoms with Crippen LogP contribution in [0.1, 0.15) is 85.0 Å². The number of cyclic esters (lactones) is 1. The average Bonchev–Trinajstić information content (AvgIpc) is 3.54. The minimum atomic E-state index is -1.18. The monoisotopic (exact) mass is 560 g/mol. The summed E-state index contributed by atoms with van der Waals surface area (Å²) in [5.74, 6) is -0.990. The minimum Gasteiger partial charge on any atom is -0.458 e. The highest BCUT2D eigenvalue weighted by atomic mass is 16.8. The minimum absolute atomic E-state index is 0.0701. The van der Waals surface area contributed by atoms with Crippen LogP contribution in [0.4, 0.5) is 0 Å². The van der Waals surface area contributed by atoms with Gasteiger partial charge in [-0.15, -0.1) is 0 Å². The summed E-state index contributed by atoms with van der Waals surface area (Å²) < 4.78 is 29.6. The largest absolute Gasteiger partial charge is 0.458 e. The van der Waals surface area contributed by atoms with Crippen LogP contribution in [0.5, 0.6) is 0 Å². The molecule has 40 heavy (non-hydrogen) atoms. The van der Waals surface area contributed by atoms with Crippen molar-refractivity contribution in [1.29, 1.82) is 0 Å². The molecule has 0 spiro atoms. The van der Waals surface area contributed by atoms with Crippen LogP contribution in [0.15, 0.2) is 11.6 Å². The standard InChI is InChI=1S/C31H44O9/c1-27(2)39-23-13-26(37-16-24(23)40-27)38-19-4-9-29(17-32)21-5-8-28(3)20(18-12-25(33)36-15-18)7-11-31(28,35)22(21)6-10-30(29,34)14-19/h12,17,19-24,26,34-35H,4-11,13-16H2,1-3H3. The molecule has 3 aliphatic heterocycles. The zero-order chi connectivity index (χ0) is 28.1. The SMILES string of the molecule is CC1(C)OC2COC(OC3CCC4(C=O)C5CCC6(C)C(C7=CC(=O)OC7)CCC6(O)C5CCC4(O)C3)CC2O1. The normalized spacial score (nSPS) is 53.1. The van der Waals surface area contributed by atoms with Gasteiger partial charge in [0, 0.05) is 24.3 Å². The lowest BCUT2D eigenvalue weighted by molar-refractivity contribution is -0.270. The molecule has 11 atom stereocenters. The number of carbonyl (C=O) groups is 2. The van der Waals surface area contributed by atoms with Crippen LogP contribution in [-0.4, -0.2) is 77.3 Å². The first-order chi connectivity index (χ1) is 18.9. The van der Waals surface area contributed by atoms with E-state index in [9.17, 15) is 19.8 Å². The van der Waals surface area contributed by atoms with Crippen molar-refractivity contribution in [3.05, 3.63) is 11.6 Å². The lowest BCUT2D eigenvalue weighted by Gasteiger charge is -2.65.